The Bertz CT molecular complexity index is 303. The molecule has 0 bridgehead atoms. The molecule has 0 aromatic rings. The van der Waals surface area contributed by atoms with Crippen LogP contribution in [0.1, 0.15) is 110 Å². The molecule has 1 N–H and O–H groups in total. The summed E-state index contributed by atoms with van der Waals surface area (Å²) < 4.78 is 0. The first-order valence-electron chi connectivity index (χ1n) is 12.3. The van der Waals surface area contributed by atoms with Crippen LogP contribution in [0.15, 0.2) is 0 Å². The van der Waals surface area contributed by atoms with Crippen LogP contribution in [0.25, 0.3) is 0 Å². The summed E-state index contributed by atoms with van der Waals surface area (Å²) in [6.45, 7) is 10.5. The van der Waals surface area contributed by atoms with Gasteiger partial charge in [0, 0.05) is 38.8 Å². The van der Waals surface area contributed by atoms with Gasteiger partial charge in [-0.25, -0.2) is 0 Å². The van der Waals surface area contributed by atoms with Gasteiger partial charge in [0.15, 0.2) is 0 Å². The van der Waals surface area contributed by atoms with E-state index < -0.39 is 0 Å². The Labute approximate surface area is 170 Å². The Kier molecular flexibility index (Phi) is 16.6. The summed E-state index contributed by atoms with van der Waals surface area (Å²) >= 11 is 0. The molecule has 1 rings (SSSR count). The number of piperazine rings is 1. The second-order valence-electron chi connectivity index (χ2n) is 8.84. The normalized spacial score (nSPS) is 17.4. The first-order valence-corrected chi connectivity index (χ1v) is 12.3. The van der Waals surface area contributed by atoms with E-state index >= 15 is 0 Å². The van der Waals surface area contributed by atoms with Crippen molar-refractivity contribution < 1.29 is 5.11 Å². The topological polar surface area (TPSA) is 26.7 Å². The fourth-order valence-electron chi connectivity index (χ4n) is 4.39. The Morgan fingerprint density at radius 1 is 0.667 bits per heavy atom. The van der Waals surface area contributed by atoms with Crippen molar-refractivity contribution in [2.24, 2.45) is 0 Å². The molecule has 1 heterocycles. The van der Waals surface area contributed by atoms with Crippen LogP contribution >= 0.6 is 0 Å². The zero-order valence-electron chi connectivity index (χ0n) is 18.8. The van der Waals surface area contributed by atoms with Gasteiger partial charge in [-0.05, 0) is 13.3 Å². The molecular formula is C24H50N2O. The van der Waals surface area contributed by atoms with Crippen molar-refractivity contribution in [1.82, 2.24) is 9.80 Å². The molecule has 0 saturated carbocycles. The Morgan fingerprint density at radius 2 is 1.11 bits per heavy atom. The van der Waals surface area contributed by atoms with E-state index in [0.717, 1.165) is 25.7 Å². The van der Waals surface area contributed by atoms with Crippen LogP contribution in [0, 0.1) is 0 Å². The molecule has 1 atom stereocenters. The molecule has 1 aliphatic heterocycles. The van der Waals surface area contributed by atoms with Crippen molar-refractivity contribution in [2.45, 2.75) is 116 Å². The molecule has 3 nitrogen and oxygen atoms in total. The van der Waals surface area contributed by atoms with E-state index in [1.165, 1.54) is 109 Å². The summed E-state index contributed by atoms with van der Waals surface area (Å²) in [6.07, 6.45) is 21.6. The summed E-state index contributed by atoms with van der Waals surface area (Å²) in [5.41, 5.74) is 0. The van der Waals surface area contributed by atoms with Crippen molar-refractivity contribution in [3.63, 3.8) is 0 Å². The first kappa shape index (κ1) is 24.9. The van der Waals surface area contributed by atoms with Crippen LogP contribution < -0.4 is 0 Å². The van der Waals surface area contributed by atoms with Crippen LogP contribution in [0.5, 0.6) is 0 Å². The molecule has 162 valence electrons. The van der Waals surface area contributed by atoms with Crippen LogP contribution in [-0.2, 0) is 0 Å². The number of nitrogens with zero attached hydrogens (tertiary/aromatic N) is 2. The smallest absolute Gasteiger partial charge is 0.0558 e. The molecule has 1 fully saturated rings. The van der Waals surface area contributed by atoms with Crippen molar-refractivity contribution in [3.05, 3.63) is 0 Å². The second kappa shape index (κ2) is 17.9. The minimum atomic E-state index is 0.300. The predicted octanol–water partition coefficient (Wildman–Crippen LogP) is 5.86. The van der Waals surface area contributed by atoms with E-state index in [9.17, 15) is 0 Å². The Balaban J connectivity index is 1.81. The van der Waals surface area contributed by atoms with E-state index in [2.05, 4.69) is 23.6 Å². The lowest BCUT2D eigenvalue weighted by Gasteiger charge is -2.38. The van der Waals surface area contributed by atoms with Gasteiger partial charge in [-0.3, -0.25) is 9.80 Å². The summed E-state index contributed by atoms with van der Waals surface area (Å²) in [7, 11) is 0. The Hall–Kier alpha value is -0.120. The number of rotatable bonds is 18. The minimum Gasteiger partial charge on any atom is -0.395 e. The third kappa shape index (κ3) is 13.7. The number of aliphatic hydroxyl groups excluding tert-OH is 1. The molecule has 0 aliphatic carbocycles. The molecule has 3 heteroatoms. The number of β-amino-alcohol motifs (C(OH)–C–C–N with tert-alkyl or cyclic N) is 1. The zero-order valence-corrected chi connectivity index (χ0v) is 18.8. The van der Waals surface area contributed by atoms with Crippen LogP contribution in [0.2, 0.25) is 0 Å². The number of hydrogen-bond acceptors (Lipinski definition) is 3. The average molecular weight is 383 g/mol. The van der Waals surface area contributed by atoms with Crippen molar-refractivity contribution >= 4 is 0 Å². The van der Waals surface area contributed by atoms with Gasteiger partial charge in [0.2, 0.25) is 0 Å². The number of aliphatic hydroxyl groups is 1. The average Bonchev–Trinajstić information content (AvgIpc) is 2.69. The van der Waals surface area contributed by atoms with Crippen LogP contribution in [-0.4, -0.2) is 60.3 Å². The fourth-order valence-corrected chi connectivity index (χ4v) is 4.39. The van der Waals surface area contributed by atoms with Gasteiger partial charge in [-0.1, -0.05) is 96.8 Å². The maximum absolute atomic E-state index is 9.03. The molecule has 0 aromatic carbocycles. The second-order valence-corrected chi connectivity index (χ2v) is 8.84. The largest absolute Gasteiger partial charge is 0.395 e. The van der Waals surface area contributed by atoms with Gasteiger partial charge >= 0.3 is 0 Å². The molecule has 0 aromatic heterocycles. The van der Waals surface area contributed by atoms with E-state index in [-0.39, 0.29) is 0 Å². The molecular weight excluding hydrogens is 332 g/mol. The Morgan fingerprint density at radius 3 is 1.56 bits per heavy atom. The summed E-state index contributed by atoms with van der Waals surface area (Å²) in [6, 6.07) is 0.735. The first-order chi connectivity index (χ1) is 13.3. The third-order valence-electron chi connectivity index (χ3n) is 6.42. The summed E-state index contributed by atoms with van der Waals surface area (Å²) in [5.74, 6) is 0. The van der Waals surface area contributed by atoms with Gasteiger partial charge in [0.1, 0.15) is 0 Å². The van der Waals surface area contributed by atoms with Crippen molar-refractivity contribution in [1.29, 1.82) is 0 Å². The number of unbranched alkanes of at least 4 members (excludes halogenated alkanes) is 13. The lowest BCUT2D eigenvalue weighted by molar-refractivity contribution is 0.0852. The van der Waals surface area contributed by atoms with Crippen molar-refractivity contribution in [3.8, 4) is 0 Å². The van der Waals surface area contributed by atoms with Crippen LogP contribution in [0.4, 0.5) is 0 Å². The van der Waals surface area contributed by atoms with E-state index in [0.29, 0.717) is 6.61 Å². The zero-order chi connectivity index (χ0) is 19.6. The van der Waals surface area contributed by atoms with E-state index in [1.54, 1.807) is 0 Å². The van der Waals surface area contributed by atoms with Gasteiger partial charge in [-0.15, -0.1) is 0 Å². The highest BCUT2D eigenvalue weighted by Gasteiger charge is 2.20. The van der Waals surface area contributed by atoms with Gasteiger partial charge in [-0.2, -0.15) is 0 Å². The quantitative estimate of drug-likeness (QED) is 0.301. The SMILES string of the molecule is CCCCCCCCCCCCCCCCC(C)N1CCN(CCO)CC1. The van der Waals surface area contributed by atoms with E-state index in [4.69, 9.17) is 5.11 Å². The van der Waals surface area contributed by atoms with E-state index in [1.807, 2.05) is 0 Å². The monoisotopic (exact) mass is 382 g/mol. The lowest BCUT2D eigenvalue weighted by Crippen LogP contribution is -2.50. The maximum Gasteiger partial charge on any atom is 0.0558 e. The molecule has 1 aliphatic rings. The van der Waals surface area contributed by atoms with Gasteiger partial charge < -0.3 is 5.11 Å². The van der Waals surface area contributed by atoms with Crippen molar-refractivity contribution in [2.75, 3.05) is 39.3 Å². The number of hydrogen-bond donors (Lipinski definition) is 1. The molecule has 0 spiro atoms. The molecule has 1 saturated heterocycles. The summed E-state index contributed by atoms with van der Waals surface area (Å²) in [5, 5.41) is 9.03. The molecule has 0 radical (unpaired) electrons. The standard InChI is InChI=1S/C24H50N2O/c1-3-4-5-6-7-8-9-10-11-12-13-14-15-16-17-24(2)26-20-18-25(19-21-26)22-23-27/h24,27H,3-23H2,1-2H3. The minimum absolute atomic E-state index is 0.300. The highest BCUT2D eigenvalue weighted by atomic mass is 16.3. The fraction of sp³-hybridized carbons (Fsp3) is 1.00. The molecule has 0 amide bonds. The molecule has 27 heavy (non-hydrogen) atoms. The predicted molar refractivity (Wildman–Crippen MR) is 119 cm³/mol. The molecule has 1 unspecified atom stereocenters. The third-order valence-corrected chi connectivity index (χ3v) is 6.42. The lowest BCUT2D eigenvalue weighted by atomic mass is 10.0. The van der Waals surface area contributed by atoms with Gasteiger partial charge in [0.05, 0.1) is 6.61 Å². The highest BCUT2D eigenvalue weighted by molar-refractivity contribution is 4.76. The van der Waals surface area contributed by atoms with Gasteiger partial charge in [0.25, 0.3) is 0 Å². The highest BCUT2D eigenvalue weighted by Crippen LogP contribution is 2.16. The summed E-state index contributed by atoms with van der Waals surface area (Å²) in [4.78, 5) is 5.03. The van der Waals surface area contributed by atoms with Crippen LogP contribution in [0.3, 0.4) is 0 Å². The maximum atomic E-state index is 9.03.